The van der Waals surface area contributed by atoms with Gasteiger partial charge in [-0.1, -0.05) is 0 Å². The van der Waals surface area contributed by atoms with E-state index in [0.717, 1.165) is 32.6 Å². The summed E-state index contributed by atoms with van der Waals surface area (Å²) in [6.45, 7) is 2.08. The van der Waals surface area contributed by atoms with Gasteiger partial charge in [0.15, 0.2) is 22.9 Å². The molecule has 12 heteroatoms. The minimum Gasteiger partial charge on any atom is -0.335 e. The number of H-pyrrole nitrogens is 2. The number of nitrogens with one attached hydrogen (secondary N) is 2. The highest BCUT2D eigenvalue weighted by Crippen LogP contribution is 2.34. The summed E-state index contributed by atoms with van der Waals surface area (Å²) in [5.41, 5.74) is 6.38. The van der Waals surface area contributed by atoms with Crippen LogP contribution >= 0.6 is 11.3 Å². The lowest BCUT2D eigenvalue weighted by Crippen LogP contribution is -2.24. The fourth-order valence-electron chi connectivity index (χ4n) is 5.04. The maximum Gasteiger partial charge on any atom is 0.261 e. The summed E-state index contributed by atoms with van der Waals surface area (Å²) in [5, 5.41) is 7.50. The predicted molar refractivity (Wildman–Crippen MR) is 148 cm³/mol. The number of halogens is 2. The zero-order valence-electron chi connectivity index (χ0n) is 21.3. The van der Waals surface area contributed by atoms with Gasteiger partial charge < -0.3 is 4.98 Å². The van der Waals surface area contributed by atoms with Crippen molar-refractivity contribution in [3.8, 4) is 33.2 Å². The fraction of sp³-hybridized carbons (Fsp3) is 0.214. The summed E-state index contributed by atoms with van der Waals surface area (Å²) in [7, 11) is 0. The van der Waals surface area contributed by atoms with Crippen LogP contribution < -0.4 is 0 Å². The quantitative estimate of drug-likeness (QED) is 0.252. The third kappa shape index (κ3) is 4.44. The van der Waals surface area contributed by atoms with Crippen LogP contribution in [0.15, 0.2) is 55.0 Å². The molecule has 0 unspecified atom stereocenters. The van der Waals surface area contributed by atoms with Gasteiger partial charge in [-0.2, -0.15) is 5.10 Å². The van der Waals surface area contributed by atoms with E-state index >= 15 is 0 Å². The molecule has 0 aromatic carbocycles. The molecule has 6 aromatic heterocycles. The van der Waals surface area contributed by atoms with Crippen molar-refractivity contribution in [1.29, 1.82) is 0 Å². The Labute approximate surface area is 230 Å². The van der Waals surface area contributed by atoms with E-state index in [1.165, 1.54) is 11.3 Å². The molecular formula is C28H22F2N8OS. The highest BCUT2D eigenvalue weighted by molar-refractivity contribution is 7.17. The highest BCUT2D eigenvalue weighted by Gasteiger charge is 2.37. The van der Waals surface area contributed by atoms with Crippen molar-refractivity contribution in [3.63, 3.8) is 0 Å². The molecule has 6 aromatic rings. The van der Waals surface area contributed by atoms with E-state index in [-0.39, 0.29) is 18.7 Å². The molecule has 0 atom stereocenters. The van der Waals surface area contributed by atoms with Gasteiger partial charge in [-0.05, 0) is 48.9 Å². The lowest BCUT2D eigenvalue weighted by Gasteiger charge is -2.15. The van der Waals surface area contributed by atoms with Crippen molar-refractivity contribution >= 4 is 39.3 Å². The first kappa shape index (κ1) is 24.6. The third-order valence-electron chi connectivity index (χ3n) is 6.99. The zero-order valence-corrected chi connectivity index (χ0v) is 22.1. The smallest absolute Gasteiger partial charge is 0.261 e. The van der Waals surface area contributed by atoms with E-state index in [4.69, 9.17) is 4.98 Å². The van der Waals surface area contributed by atoms with Gasteiger partial charge in [0, 0.05) is 54.1 Å². The number of imidazole rings is 1. The first-order chi connectivity index (χ1) is 19.3. The Morgan fingerprint density at radius 3 is 2.85 bits per heavy atom. The number of carbonyl (C=O) groups is 1. The van der Waals surface area contributed by atoms with E-state index in [0.29, 0.717) is 46.3 Å². The second kappa shape index (κ2) is 9.35. The predicted octanol–water partition coefficient (Wildman–Crippen LogP) is 5.73. The molecule has 0 aliphatic carbocycles. The van der Waals surface area contributed by atoms with Gasteiger partial charge in [0.25, 0.3) is 5.92 Å². The van der Waals surface area contributed by atoms with Crippen LogP contribution in [0.5, 0.6) is 0 Å². The van der Waals surface area contributed by atoms with Crippen LogP contribution in [0, 0.1) is 0 Å². The number of hydrogen-bond donors (Lipinski definition) is 2. The van der Waals surface area contributed by atoms with Crippen LogP contribution in [0.25, 0.3) is 55.4 Å². The largest absolute Gasteiger partial charge is 0.335 e. The number of carbonyl (C=O) groups excluding carboxylic acids is 1. The number of alkyl halides is 2. The average molecular weight is 557 g/mol. The normalized spacial score (nSPS) is 15.4. The van der Waals surface area contributed by atoms with E-state index in [1.54, 1.807) is 30.4 Å². The van der Waals surface area contributed by atoms with E-state index in [9.17, 15) is 13.6 Å². The number of Topliss-reactive ketones (excluding diaryl/α,β-unsaturated/α-hetero) is 1. The van der Waals surface area contributed by atoms with E-state index in [1.807, 2.05) is 36.4 Å². The number of pyridine rings is 3. The summed E-state index contributed by atoms with van der Waals surface area (Å²) in [6, 6.07) is 11.3. The van der Waals surface area contributed by atoms with Gasteiger partial charge in [0.2, 0.25) is 0 Å². The first-order valence-electron chi connectivity index (χ1n) is 12.7. The van der Waals surface area contributed by atoms with Crippen molar-refractivity contribution in [1.82, 2.24) is 40.0 Å². The number of nitrogens with zero attached hydrogens (tertiary/aromatic N) is 6. The van der Waals surface area contributed by atoms with Gasteiger partial charge in [0.05, 0.1) is 28.1 Å². The zero-order chi connectivity index (χ0) is 27.4. The Hall–Kier alpha value is -4.42. The SMILES string of the molecule is CC(=O)c1ccc(-c2ccnc3nc(-c4n[nH]c5ccc(-c6cncc(CN7CCC(F)(F)C7)c6)nc45)[nH]c23)s1. The van der Waals surface area contributed by atoms with Crippen molar-refractivity contribution in [3.05, 3.63) is 65.4 Å². The van der Waals surface area contributed by atoms with Crippen molar-refractivity contribution < 1.29 is 13.6 Å². The molecule has 0 saturated carbocycles. The molecule has 40 heavy (non-hydrogen) atoms. The molecule has 0 spiro atoms. The number of aromatic nitrogens is 7. The topological polar surface area (TPSA) is 116 Å². The molecule has 1 fully saturated rings. The Balaban J connectivity index is 1.24. The number of likely N-dealkylation sites (tertiary alicyclic amines) is 1. The van der Waals surface area contributed by atoms with Gasteiger partial charge in [-0.3, -0.25) is 19.8 Å². The fourth-order valence-corrected chi connectivity index (χ4v) is 5.97. The molecule has 7 heterocycles. The molecule has 9 nitrogen and oxygen atoms in total. The lowest BCUT2D eigenvalue weighted by molar-refractivity contribution is 0.0115. The monoisotopic (exact) mass is 556 g/mol. The van der Waals surface area contributed by atoms with Gasteiger partial charge in [-0.25, -0.2) is 23.7 Å². The number of hydrogen-bond acceptors (Lipinski definition) is 8. The van der Waals surface area contributed by atoms with E-state index < -0.39 is 5.92 Å². The summed E-state index contributed by atoms with van der Waals surface area (Å²) in [6.07, 6.45) is 4.99. The molecule has 1 aliphatic rings. The molecule has 0 bridgehead atoms. The molecule has 1 saturated heterocycles. The molecule has 1 aliphatic heterocycles. The second-order valence-corrected chi connectivity index (χ2v) is 11.0. The number of fused-ring (bicyclic) bond motifs is 2. The average Bonchev–Trinajstić information content (AvgIpc) is 3.73. The number of aromatic amines is 2. The standard InChI is InChI=1S/C28H22F2N8OS/c1-15(39)21-4-5-22(40-21)18-6-8-32-26-23(18)34-27(35-26)25-24-20(36-37-25)3-2-19(33-24)17-10-16(11-31-12-17)13-38-9-7-28(29,30)14-38/h2-6,8,10-12H,7,9,13-14H2,1H3,(H,36,37)(H,32,34,35). The van der Waals surface area contributed by atoms with Crippen LogP contribution in [0.2, 0.25) is 0 Å². The minimum atomic E-state index is -2.64. The summed E-state index contributed by atoms with van der Waals surface area (Å²) in [4.78, 5) is 36.9. The van der Waals surface area contributed by atoms with Gasteiger partial charge in [0.1, 0.15) is 5.52 Å². The van der Waals surface area contributed by atoms with Crippen LogP contribution in [-0.4, -0.2) is 64.8 Å². The van der Waals surface area contributed by atoms with Crippen LogP contribution in [0.3, 0.4) is 0 Å². The summed E-state index contributed by atoms with van der Waals surface area (Å²) < 4.78 is 27.3. The molecule has 2 N–H and O–H groups in total. The maximum absolute atomic E-state index is 13.6. The molecule has 0 amide bonds. The van der Waals surface area contributed by atoms with Crippen molar-refractivity contribution in [2.75, 3.05) is 13.1 Å². The summed E-state index contributed by atoms with van der Waals surface area (Å²) in [5.74, 6) is -2.10. The number of thiophene rings is 1. The van der Waals surface area contributed by atoms with Crippen LogP contribution in [0.4, 0.5) is 8.78 Å². The Bertz CT molecular complexity index is 1910. The van der Waals surface area contributed by atoms with Gasteiger partial charge >= 0.3 is 0 Å². The first-order valence-corrected chi connectivity index (χ1v) is 13.5. The van der Waals surface area contributed by atoms with Crippen molar-refractivity contribution in [2.24, 2.45) is 0 Å². The molecule has 0 radical (unpaired) electrons. The third-order valence-corrected chi connectivity index (χ3v) is 8.21. The highest BCUT2D eigenvalue weighted by atomic mass is 32.1. The molecular weight excluding hydrogens is 534 g/mol. The van der Waals surface area contributed by atoms with Crippen LogP contribution in [-0.2, 0) is 6.54 Å². The molecule has 200 valence electrons. The Morgan fingerprint density at radius 2 is 2.05 bits per heavy atom. The number of rotatable bonds is 6. The number of ketones is 1. The molecule has 7 rings (SSSR count). The van der Waals surface area contributed by atoms with Crippen LogP contribution in [0.1, 0.15) is 28.6 Å². The Morgan fingerprint density at radius 1 is 1.15 bits per heavy atom. The Kier molecular flexibility index (Phi) is 5.75. The summed E-state index contributed by atoms with van der Waals surface area (Å²) >= 11 is 1.42. The van der Waals surface area contributed by atoms with E-state index in [2.05, 4.69) is 30.1 Å². The lowest BCUT2D eigenvalue weighted by atomic mass is 10.1. The maximum atomic E-state index is 13.6. The minimum absolute atomic E-state index is 0.0232. The van der Waals surface area contributed by atoms with Gasteiger partial charge in [-0.15, -0.1) is 11.3 Å². The second-order valence-electron chi connectivity index (χ2n) is 9.93. The van der Waals surface area contributed by atoms with Crippen molar-refractivity contribution in [2.45, 2.75) is 25.8 Å².